The summed E-state index contributed by atoms with van der Waals surface area (Å²) in [4.78, 5) is 9.69. The van der Waals surface area contributed by atoms with Crippen LogP contribution in [-0.2, 0) is 10.8 Å². The van der Waals surface area contributed by atoms with Crippen LogP contribution < -0.4 is 20.2 Å². The fourth-order valence-corrected chi connectivity index (χ4v) is 3.99. The van der Waals surface area contributed by atoms with Crippen molar-refractivity contribution in [3.8, 4) is 23.0 Å². The lowest BCUT2D eigenvalue weighted by Crippen LogP contribution is -2.22. The Morgan fingerprint density at radius 3 is 1.97 bits per heavy atom. The molecule has 4 nitrogen and oxygen atoms in total. The SMILES string of the molecule is CC(C)(C)c1cc2c(c(C(C)(C)C)c1)Oc1cc3c(cc1=N2)Oc1ccc(Cl)cc1N=3. The molecule has 0 unspecified atom stereocenters. The van der Waals surface area contributed by atoms with Crippen LogP contribution in [0.5, 0.6) is 23.0 Å². The molecule has 0 N–H and O–H groups in total. The highest BCUT2D eigenvalue weighted by atomic mass is 35.5. The predicted molar refractivity (Wildman–Crippen MR) is 124 cm³/mol. The van der Waals surface area contributed by atoms with Gasteiger partial charge >= 0.3 is 0 Å². The van der Waals surface area contributed by atoms with Crippen LogP contribution >= 0.6 is 11.6 Å². The summed E-state index contributed by atoms with van der Waals surface area (Å²) in [5.41, 5.74) is 3.86. The summed E-state index contributed by atoms with van der Waals surface area (Å²) in [7, 11) is 0. The Morgan fingerprint density at radius 1 is 0.677 bits per heavy atom. The van der Waals surface area contributed by atoms with E-state index in [-0.39, 0.29) is 10.8 Å². The van der Waals surface area contributed by atoms with Gasteiger partial charge in [0.1, 0.15) is 22.1 Å². The highest BCUT2D eigenvalue weighted by molar-refractivity contribution is 6.30. The van der Waals surface area contributed by atoms with E-state index in [2.05, 4.69) is 53.7 Å². The van der Waals surface area contributed by atoms with E-state index in [0.29, 0.717) is 33.3 Å². The zero-order valence-corrected chi connectivity index (χ0v) is 19.4. The summed E-state index contributed by atoms with van der Waals surface area (Å²) < 4.78 is 12.5. The molecule has 0 radical (unpaired) electrons. The van der Waals surface area contributed by atoms with Gasteiger partial charge in [0, 0.05) is 22.7 Å². The lowest BCUT2D eigenvalue weighted by atomic mass is 9.79. The van der Waals surface area contributed by atoms with Crippen molar-refractivity contribution in [2.45, 2.75) is 52.4 Å². The highest BCUT2D eigenvalue weighted by Gasteiger charge is 2.28. The second kappa shape index (κ2) is 6.57. The third-order valence-corrected chi connectivity index (χ3v) is 5.85. The highest BCUT2D eigenvalue weighted by Crippen LogP contribution is 2.45. The third kappa shape index (κ3) is 3.49. The first-order chi connectivity index (χ1) is 14.5. The van der Waals surface area contributed by atoms with E-state index in [4.69, 9.17) is 31.1 Å². The number of benzene rings is 3. The maximum atomic E-state index is 6.45. The standard InChI is InChI=1S/C26H25ClN2O2/c1-25(2,3)14-9-16(26(4,5)6)24-20(10-14)29-19-12-22-18(13-23(19)31-24)28-17-11-15(27)7-8-21(17)30-22/h7-13H,1-6H3. The lowest BCUT2D eigenvalue weighted by Gasteiger charge is -2.29. The van der Waals surface area contributed by atoms with Gasteiger partial charge in [-0.1, -0.05) is 59.2 Å². The lowest BCUT2D eigenvalue weighted by molar-refractivity contribution is 0.435. The van der Waals surface area contributed by atoms with Crippen molar-refractivity contribution in [3.05, 3.63) is 69.3 Å². The average Bonchev–Trinajstić information content (AvgIpc) is 2.67. The molecule has 5 rings (SSSR count). The largest absolute Gasteiger partial charge is 0.453 e. The number of fused-ring (bicyclic) bond motifs is 4. The molecule has 0 bridgehead atoms. The number of hydrogen-bond acceptors (Lipinski definition) is 4. The molecule has 0 aromatic heterocycles. The second-order valence-electron chi connectivity index (χ2n) is 10.2. The Kier molecular flexibility index (Phi) is 4.26. The smallest absolute Gasteiger partial charge is 0.156 e. The van der Waals surface area contributed by atoms with Crippen LogP contribution in [0.4, 0.5) is 11.4 Å². The number of nitrogens with zero attached hydrogens (tertiary/aromatic N) is 2. The number of ether oxygens (including phenoxy) is 2. The van der Waals surface area contributed by atoms with Gasteiger partial charge in [-0.2, -0.15) is 0 Å². The van der Waals surface area contributed by atoms with Crippen molar-refractivity contribution < 1.29 is 9.47 Å². The van der Waals surface area contributed by atoms with E-state index < -0.39 is 0 Å². The molecular formula is C26H25ClN2O2. The van der Waals surface area contributed by atoms with Gasteiger partial charge in [0.25, 0.3) is 0 Å². The minimum atomic E-state index is -0.0875. The summed E-state index contributed by atoms with van der Waals surface area (Å²) >= 11 is 6.12. The molecule has 0 atom stereocenters. The molecule has 0 spiro atoms. The van der Waals surface area contributed by atoms with Gasteiger partial charge in [-0.15, -0.1) is 0 Å². The molecule has 0 saturated heterocycles. The minimum Gasteiger partial charge on any atom is -0.453 e. The molecule has 0 amide bonds. The van der Waals surface area contributed by atoms with Crippen molar-refractivity contribution in [2.24, 2.45) is 9.98 Å². The van der Waals surface area contributed by atoms with E-state index >= 15 is 0 Å². The minimum absolute atomic E-state index is 0.00759. The fraction of sp³-hybridized carbons (Fsp3) is 0.308. The maximum absolute atomic E-state index is 6.45. The van der Waals surface area contributed by atoms with E-state index in [9.17, 15) is 0 Å². The van der Waals surface area contributed by atoms with Crippen LogP contribution in [-0.4, -0.2) is 0 Å². The zero-order valence-electron chi connectivity index (χ0n) is 18.6. The Labute approximate surface area is 187 Å². The van der Waals surface area contributed by atoms with Crippen molar-refractivity contribution in [1.29, 1.82) is 0 Å². The van der Waals surface area contributed by atoms with E-state index in [1.54, 1.807) is 12.1 Å². The molecule has 3 aromatic rings. The van der Waals surface area contributed by atoms with Crippen molar-refractivity contribution in [1.82, 2.24) is 0 Å². The van der Waals surface area contributed by atoms with Gasteiger partial charge in [0.15, 0.2) is 23.0 Å². The summed E-state index contributed by atoms with van der Waals surface area (Å²) in [5, 5.41) is 2.07. The van der Waals surface area contributed by atoms with Crippen molar-refractivity contribution in [3.63, 3.8) is 0 Å². The predicted octanol–water partition coefficient (Wildman–Crippen LogP) is 7.05. The van der Waals surface area contributed by atoms with E-state index in [1.807, 2.05) is 18.2 Å². The number of hydrogen-bond donors (Lipinski definition) is 0. The molecule has 0 aliphatic carbocycles. The summed E-state index contributed by atoms with van der Waals surface area (Å²) in [6, 6.07) is 13.6. The van der Waals surface area contributed by atoms with Gasteiger partial charge in [0.2, 0.25) is 0 Å². The van der Waals surface area contributed by atoms with Crippen LogP contribution in [0.3, 0.4) is 0 Å². The normalized spacial score (nSPS) is 14.0. The fourth-order valence-electron chi connectivity index (χ4n) is 3.82. The van der Waals surface area contributed by atoms with Crippen molar-refractivity contribution >= 4 is 23.0 Å². The van der Waals surface area contributed by atoms with Crippen LogP contribution in [0.1, 0.15) is 52.7 Å². The Hall–Kier alpha value is -2.85. The first kappa shape index (κ1) is 20.1. The molecule has 31 heavy (non-hydrogen) atoms. The monoisotopic (exact) mass is 432 g/mol. The second-order valence-corrected chi connectivity index (χ2v) is 10.6. The van der Waals surface area contributed by atoms with Gasteiger partial charge in [-0.25, -0.2) is 9.98 Å². The summed E-state index contributed by atoms with van der Waals surface area (Å²) in [5.74, 6) is 2.83. The van der Waals surface area contributed by atoms with Gasteiger partial charge in [0.05, 0.1) is 0 Å². The van der Waals surface area contributed by atoms with Gasteiger partial charge in [-0.3, -0.25) is 0 Å². The first-order valence-electron chi connectivity index (χ1n) is 10.4. The molecule has 0 fully saturated rings. The molecule has 2 heterocycles. The van der Waals surface area contributed by atoms with Crippen LogP contribution in [0.2, 0.25) is 5.02 Å². The van der Waals surface area contributed by atoms with Crippen LogP contribution in [0.25, 0.3) is 0 Å². The molecule has 3 aromatic carbocycles. The zero-order chi connectivity index (χ0) is 22.1. The quantitative estimate of drug-likeness (QED) is 0.263. The molecule has 0 saturated carbocycles. The van der Waals surface area contributed by atoms with E-state index in [1.165, 1.54) is 5.56 Å². The molecule has 2 aliphatic heterocycles. The Balaban J connectivity index is 1.72. The average molecular weight is 433 g/mol. The Bertz CT molecular complexity index is 1360. The van der Waals surface area contributed by atoms with Gasteiger partial charge in [-0.05, 0) is 40.7 Å². The van der Waals surface area contributed by atoms with Crippen molar-refractivity contribution in [2.75, 3.05) is 0 Å². The number of rotatable bonds is 0. The first-order valence-corrected chi connectivity index (χ1v) is 10.8. The summed E-state index contributed by atoms with van der Waals surface area (Å²) in [6.45, 7) is 13.2. The van der Waals surface area contributed by atoms with E-state index in [0.717, 1.165) is 22.4 Å². The van der Waals surface area contributed by atoms with Crippen LogP contribution in [0, 0.1) is 0 Å². The molecule has 158 valence electrons. The molecule has 2 aliphatic rings. The Morgan fingerprint density at radius 2 is 1.32 bits per heavy atom. The molecular weight excluding hydrogens is 408 g/mol. The van der Waals surface area contributed by atoms with Gasteiger partial charge < -0.3 is 9.47 Å². The third-order valence-electron chi connectivity index (χ3n) is 5.62. The topological polar surface area (TPSA) is 43.2 Å². The maximum Gasteiger partial charge on any atom is 0.156 e. The molecule has 5 heteroatoms. The van der Waals surface area contributed by atoms with Crippen LogP contribution in [0.15, 0.2) is 52.4 Å². The number of halogens is 1. The summed E-state index contributed by atoms with van der Waals surface area (Å²) in [6.07, 6.45) is 0.